The van der Waals surface area contributed by atoms with E-state index in [0.717, 1.165) is 78.0 Å². The lowest BCUT2D eigenvalue weighted by atomic mass is 9.91. The second kappa shape index (κ2) is 13.2. The Morgan fingerprint density at radius 1 is 0.360 bits per heavy atom. The zero-order valence-electron chi connectivity index (χ0n) is 28.0. The molecule has 0 radical (unpaired) electrons. The van der Waals surface area contributed by atoms with Gasteiger partial charge in [0.2, 0.25) is 0 Å². The van der Waals surface area contributed by atoms with Crippen LogP contribution in [0.5, 0.6) is 0 Å². The maximum absolute atomic E-state index is 12.9. The Balaban J connectivity index is 1.26. The topological polar surface area (TPSA) is 42.9 Å². The first-order valence-electron chi connectivity index (χ1n) is 16.8. The summed E-state index contributed by atoms with van der Waals surface area (Å²) in [5.74, 6) is 0. The van der Waals surface area contributed by atoms with Crippen molar-refractivity contribution in [3.63, 3.8) is 0 Å². The number of rotatable bonds is 7. The van der Waals surface area contributed by atoms with E-state index in [1.807, 2.05) is 80.1 Å². The van der Waals surface area contributed by atoms with Gasteiger partial charge >= 0.3 is 0 Å². The summed E-state index contributed by atoms with van der Waals surface area (Å²) in [6.07, 6.45) is 0. The van der Waals surface area contributed by atoms with E-state index in [2.05, 4.69) is 109 Å². The number of benzene rings is 7. The van der Waals surface area contributed by atoms with Crippen molar-refractivity contribution in [3.05, 3.63) is 176 Å². The Morgan fingerprint density at radius 3 is 1.16 bits per heavy atom. The summed E-state index contributed by atoms with van der Waals surface area (Å²) in [5.41, 5.74) is 11.9. The summed E-state index contributed by atoms with van der Waals surface area (Å²) >= 11 is 0. The summed E-state index contributed by atoms with van der Waals surface area (Å²) in [5, 5.41) is 3.22. The summed E-state index contributed by atoms with van der Waals surface area (Å²) < 4.78 is 12.9. The van der Waals surface area contributed by atoms with Crippen molar-refractivity contribution in [2.45, 2.75) is 0 Å². The molecule has 0 aliphatic heterocycles. The normalized spacial score (nSPS) is 11.5. The molecule has 0 N–H and O–H groups in total. The Bertz CT molecular complexity index is 2510. The monoisotopic (exact) mass is 662 g/mol. The van der Waals surface area contributed by atoms with Crippen molar-refractivity contribution in [3.8, 4) is 67.3 Å². The third kappa shape index (κ3) is 6.09. The van der Waals surface area contributed by atoms with Crippen LogP contribution in [0.1, 0.15) is 0 Å². The molecule has 3 nitrogen and oxygen atoms in total. The number of hydrogen-bond donors (Lipinski definition) is 0. The van der Waals surface area contributed by atoms with Gasteiger partial charge in [-0.2, -0.15) is 0 Å². The lowest BCUT2D eigenvalue weighted by molar-refractivity contribution is 0.588. The van der Waals surface area contributed by atoms with E-state index in [0.29, 0.717) is 0 Å². The number of aromatic nitrogens is 2. The quantitative estimate of drug-likeness (QED) is 0.160. The summed E-state index contributed by atoms with van der Waals surface area (Å²) in [4.78, 5) is 10.8. The van der Waals surface area contributed by atoms with Crippen LogP contribution < -0.4 is 5.30 Å². The van der Waals surface area contributed by atoms with Gasteiger partial charge in [0.05, 0.1) is 22.8 Å². The highest BCUT2D eigenvalue weighted by molar-refractivity contribution is 7.70. The zero-order chi connectivity index (χ0) is 34.1. The molecule has 0 saturated heterocycles. The van der Waals surface area contributed by atoms with E-state index >= 15 is 0 Å². The van der Waals surface area contributed by atoms with Gasteiger partial charge in [0, 0.05) is 27.6 Å². The Hall–Kier alpha value is -5.89. The molecule has 240 valence electrons. The third-order valence-corrected chi connectivity index (χ3v) is 10.7. The van der Waals surface area contributed by atoms with Crippen molar-refractivity contribution in [2.75, 3.05) is 13.3 Å². The Labute approximate surface area is 293 Å². The van der Waals surface area contributed by atoms with Crippen molar-refractivity contribution >= 4 is 23.2 Å². The molecule has 1 aromatic heterocycles. The van der Waals surface area contributed by atoms with Crippen molar-refractivity contribution in [1.82, 2.24) is 9.97 Å². The van der Waals surface area contributed by atoms with Gasteiger partial charge in [0.1, 0.15) is 7.14 Å². The molecule has 0 atom stereocenters. The van der Waals surface area contributed by atoms with Gasteiger partial charge in [-0.05, 0) is 52.4 Å². The summed E-state index contributed by atoms with van der Waals surface area (Å²) in [7, 11) is -2.39. The molecule has 0 bridgehead atoms. The van der Waals surface area contributed by atoms with Crippen LogP contribution in [0.3, 0.4) is 0 Å². The van der Waals surface area contributed by atoms with Gasteiger partial charge < -0.3 is 4.57 Å². The van der Waals surface area contributed by atoms with Crippen LogP contribution in [0, 0.1) is 0 Å². The molecule has 8 aromatic rings. The van der Waals surface area contributed by atoms with Gasteiger partial charge in [-0.1, -0.05) is 170 Å². The minimum Gasteiger partial charge on any atom is -0.319 e. The SMILES string of the molecule is CP(C)(=O)c1cccc(-c2ccc(-c3ccc(-c4nc(-c5ccccc5)c(-c5ccccc5)nc4-c4ccccc4)cc3)c3ccccc23)c1. The van der Waals surface area contributed by atoms with E-state index in [9.17, 15) is 4.57 Å². The van der Waals surface area contributed by atoms with Crippen LogP contribution in [-0.4, -0.2) is 23.3 Å². The van der Waals surface area contributed by atoms with Gasteiger partial charge in [0.25, 0.3) is 0 Å². The second-order valence-corrected chi connectivity index (χ2v) is 16.1. The molecule has 1 heterocycles. The van der Waals surface area contributed by atoms with Crippen LogP contribution >= 0.6 is 7.14 Å². The van der Waals surface area contributed by atoms with Crippen LogP contribution in [0.4, 0.5) is 0 Å². The maximum Gasteiger partial charge on any atom is 0.109 e. The van der Waals surface area contributed by atoms with E-state index in [1.165, 1.54) is 5.39 Å². The van der Waals surface area contributed by atoms with E-state index in [-0.39, 0.29) is 0 Å². The molecular weight excluding hydrogens is 627 g/mol. The largest absolute Gasteiger partial charge is 0.319 e. The van der Waals surface area contributed by atoms with Crippen LogP contribution in [0.2, 0.25) is 0 Å². The predicted octanol–water partition coefficient (Wildman–Crippen LogP) is 11.9. The smallest absolute Gasteiger partial charge is 0.109 e. The van der Waals surface area contributed by atoms with E-state index in [4.69, 9.17) is 9.97 Å². The van der Waals surface area contributed by atoms with Crippen LogP contribution in [0.25, 0.3) is 78.1 Å². The van der Waals surface area contributed by atoms with Crippen LogP contribution in [-0.2, 0) is 4.57 Å². The molecule has 0 aliphatic carbocycles. The highest BCUT2D eigenvalue weighted by Gasteiger charge is 2.20. The molecule has 0 saturated carbocycles. The lowest BCUT2D eigenvalue weighted by Crippen LogP contribution is -2.02. The minimum atomic E-state index is -2.39. The molecule has 8 rings (SSSR count). The first-order chi connectivity index (χ1) is 24.4. The van der Waals surface area contributed by atoms with Gasteiger partial charge in [-0.25, -0.2) is 9.97 Å². The van der Waals surface area contributed by atoms with E-state index in [1.54, 1.807) is 0 Å². The van der Waals surface area contributed by atoms with Gasteiger partial charge in [0.15, 0.2) is 0 Å². The van der Waals surface area contributed by atoms with Crippen molar-refractivity contribution in [2.24, 2.45) is 0 Å². The first-order valence-corrected chi connectivity index (χ1v) is 19.4. The lowest BCUT2D eigenvalue weighted by Gasteiger charge is -2.17. The molecule has 0 unspecified atom stereocenters. The zero-order valence-corrected chi connectivity index (χ0v) is 28.9. The number of nitrogens with zero attached hydrogens (tertiary/aromatic N) is 2. The summed E-state index contributed by atoms with van der Waals surface area (Å²) in [6.45, 7) is 3.65. The first kappa shape index (κ1) is 31.4. The molecule has 4 heteroatoms. The average molecular weight is 663 g/mol. The molecular formula is C46H35N2OP. The Morgan fingerprint density at radius 2 is 0.720 bits per heavy atom. The fourth-order valence-corrected chi connectivity index (χ4v) is 7.54. The van der Waals surface area contributed by atoms with Gasteiger partial charge in [-0.3, -0.25) is 0 Å². The average Bonchev–Trinajstić information content (AvgIpc) is 3.18. The highest BCUT2D eigenvalue weighted by atomic mass is 31.2. The molecule has 50 heavy (non-hydrogen) atoms. The maximum atomic E-state index is 12.9. The molecule has 0 spiro atoms. The number of fused-ring (bicyclic) bond motifs is 1. The van der Waals surface area contributed by atoms with Crippen LogP contribution in [0.15, 0.2) is 176 Å². The predicted molar refractivity (Wildman–Crippen MR) is 211 cm³/mol. The molecule has 0 fully saturated rings. The van der Waals surface area contributed by atoms with Crippen molar-refractivity contribution < 1.29 is 4.57 Å². The fraction of sp³-hybridized carbons (Fsp3) is 0.0435. The van der Waals surface area contributed by atoms with E-state index < -0.39 is 7.14 Å². The third-order valence-electron chi connectivity index (χ3n) is 9.21. The standard InChI is InChI=1S/C46H35N2OP/c1-50(2,49)38-22-14-21-37(31-38)40-30-29-39(41-23-12-13-24-42(40)41)32-25-27-36(28-26-32)46-45(35-19-10-5-11-20-35)47-43(33-15-6-3-7-16-33)44(48-46)34-17-8-4-9-18-34/h3-31H,1-2H3. The van der Waals surface area contributed by atoms with Gasteiger partial charge in [-0.15, -0.1) is 0 Å². The highest BCUT2D eigenvalue weighted by Crippen LogP contribution is 2.41. The molecule has 0 amide bonds. The number of hydrogen-bond acceptors (Lipinski definition) is 3. The molecule has 0 aliphatic rings. The Kier molecular flexibility index (Phi) is 8.28. The fourth-order valence-electron chi connectivity index (χ4n) is 6.65. The van der Waals surface area contributed by atoms with Crippen molar-refractivity contribution in [1.29, 1.82) is 0 Å². The summed E-state index contributed by atoms with van der Waals surface area (Å²) in [6, 6.07) is 60.7. The molecule has 7 aromatic carbocycles. The minimum absolute atomic E-state index is 0.838. The second-order valence-electron chi connectivity index (χ2n) is 12.9.